The summed E-state index contributed by atoms with van der Waals surface area (Å²) >= 11 is 1.87. The van der Waals surface area contributed by atoms with Gasteiger partial charge < -0.3 is 10.4 Å². The molecule has 0 atom stereocenters. The van der Waals surface area contributed by atoms with E-state index < -0.39 is 0 Å². The lowest BCUT2D eigenvalue weighted by molar-refractivity contribution is 0.341. The highest BCUT2D eigenvalue weighted by molar-refractivity contribution is 7.99. The van der Waals surface area contributed by atoms with Gasteiger partial charge in [-0.05, 0) is 55.4 Å². The number of phenolic OH excluding ortho intramolecular Hbond substituents is 1. The predicted molar refractivity (Wildman–Crippen MR) is 59.8 cm³/mol. The monoisotopic (exact) mass is 209 g/mol. The molecule has 0 unspecified atom stereocenters. The minimum atomic E-state index is 0.345. The maximum Gasteiger partial charge on any atom is 0.115 e. The van der Waals surface area contributed by atoms with Gasteiger partial charge in [-0.2, -0.15) is 0 Å². The molecule has 1 saturated heterocycles. The van der Waals surface area contributed by atoms with E-state index in [1.54, 1.807) is 12.1 Å². The van der Waals surface area contributed by atoms with Crippen molar-refractivity contribution in [1.82, 2.24) is 5.32 Å². The smallest absolute Gasteiger partial charge is 0.115 e. The first-order chi connectivity index (χ1) is 6.84. The van der Waals surface area contributed by atoms with Crippen LogP contribution in [0.4, 0.5) is 0 Å². The average molecular weight is 209 g/mol. The van der Waals surface area contributed by atoms with Crippen LogP contribution in [0.5, 0.6) is 5.75 Å². The number of aromatic hydroxyl groups is 1. The Morgan fingerprint density at radius 2 is 2.00 bits per heavy atom. The van der Waals surface area contributed by atoms with Crippen molar-refractivity contribution in [3.8, 4) is 5.75 Å². The lowest BCUT2D eigenvalue weighted by Crippen LogP contribution is -2.42. The van der Waals surface area contributed by atoms with Crippen LogP contribution in [-0.4, -0.2) is 23.9 Å². The summed E-state index contributed by atoms with van der Waals surface area (Å²) in [5, 5.41) is 12.4. The van der Waals surface area contributed by atoms with Crippen LogP contribution in [0.1, 0.15) is 6.42 Å². The van der Waals surface area contributed by atoms with Crippen molar-refractivity contribution in [1.29, 1.82) is 0 Å². The molecule has 76 valence electrons. The number of benzene rings is 1. The van der Waals surface area contributed by atoms with Crippen molar-refractivity contribution in [2.45, 2.75) is 11.3 Å². The molecule has 0 spiro atoms. The fourth-order valence-electron chi connectivity index (χ4n) is 1.44. The highest BCUT2D eigenvalue weighted by Crippen LogP contribution is 2.23. The van der Waals surface area contributed by atoms with E-state index >= 15 is 0 Å². The number of phenols is 1. The van der Waals surface area contributed by atoms with Crippen LogP contribution in [0.15, 0.2) is 29.2 Å². The second-order valence-corrected chi connectivity index (χ2v) is 4.82. The zero-order valence-corrected chi connectivity index (χ0v) is 8.89. The van der Waals surface area contributed by atoms with Crippen LogP contribution in [-0.2, 0) is 0 Å². The molecule has 0 radical (unpaired) electrons. The van der Waals surface area contributed by atoms with E-state index in [1.807, 2.05) is 23.9 Å². The van der Waals surface area contributed by atoms with Crippen molar-refractivity contribution >= 4 is 11.8 Å². The molecule has 14 heavy (non-hydrogen) atoms. The summed E-state index contributed by atoms with van der Waals surface area (Å²) in [4.78, 5) is 1.25. The first-order valence-corrected chi connectivity index (χ1v) is 5.96. The molecule has 0 amide bonds. The third-order valence-electron chi connectivity index (χ3n) is 2.50. The Balaban J connectivity index is 1.71. The lowest BCUT2D eigenvalue weighted by atomic mass is 10.0. The molecule has 1 aromatic carbocycles. The van der Waals surface area contributed by atoms with Gasteiger partial charge in [0.25, 0.3) is 0 Å². The fraction of sp³-hybridized carbons (Fsp3) is 0.455. The van der Waals surface area contributed by atoms with E-state index in [-0.39, 0.29) is 0 Å². The van der Waals surface area contributed by atoms with Gasteiger partial charge in [0.05, 0.1) is 0 Å². The highest BCUT2D eigenvalue weighted by atomic mass is 32.2. The second kappa shape index (κ2) is 4.71. The van der Waals surface area contributed by atoms with Crippen molar-refractivity contribution in [2.75, 3.05) is 18.8 Å². The number of hydrogen-bond donors (Lipinski definition) is 2. The number of rotatable bonds is 4. The van der Waals surface area contributed by atoms with Gasteiger partial charge in [0.15, 0.2) is 0 Å². The van der Waals surface area contributed by atoms with Gasteiger partial charge >= 0.3 is 0 Å². The summed E-state index contributed by atoms with van der Waals surface area (Å²) in [7, 11) is 0. The Morgan fingerprint density at radius 1 is 1.29 bits per heavy atom. The van der Waals surface area contributed by atoms with Crippen molar-refractivity contribution in [3.05, 3.63) is 24.3 Å². The Hall–Kier alpha value is -0.670. The number of nitrogens with one attached hydrogen (secondary N) is 1. The average Bonchev–Trinajstić information content (AvgIpc) is 2.12. The molecule has 1 aliphatic heterocycles. The van der Waals surface area contributed by atoms with Crippen LogP contribution >= 0.6 is 11.8 Å². The Morgan fingerprint density at radius 3 is 2.57 bits per heavy atom. The molecule has 1 fully saturated rings. The first kappa shape index (κ1) is 9.87. The van der Waals surface area contributed by atoms with Gasteiger partial charge in [0.2, 0.25) is 0 Å². The Kier molecular flexibility index (Phi) is 3.32. The SMILES string of the molecule is Oc1ccc(SCCC2CNC2)cc1. The molecular formula is C11H15NOS. The predicted octanol–water partition coefficient (Wildman–Crippen LogP) is 2.09. The normalized spacial score (nSPS) is 16.6. The molecule has 0 aliphatic carbocycles. The van der Waals surface area contributed by atoms with Gasteiger partial charge in [0.1, 0.15) is 5.75 Å². The molecule has 1 aliphatic rings. The number of hydrogen-bond acceptors (Lipinski definition) is 3. The van der Waals surface area contributed by atoms with E-state index in [9.17, 15) is 0 Å². The standard InChI is InChI=1S/C11H15NOS/c13-10-1-3-11(4-2-10)14-6-5-9-7-12-8-9/h1-4,9,12-13H,5-8H2. The zero-order valence-electron chi connectivity index (χ0n) is 8.07. The van der Waals surface area contributed by atoms with E-state index in [0.717, 1.165) is 5.92 Å². The summed E-state index contributed by atoms with van der Waals surface area (Å²) in [6.45, 7) is 2.38. The van der Waals surface area contributed by atoms with Crippen LogP contribution < -0.4 is 5.32 Å². The largest absolute Gasteiger partial charge is 0.508 e. The van der Waals surface area contributed by atoms with Crippen LogP contribution in [0.25, 0.3) is 0 Å². The van der Waals surface area contributed by atoms with Crippen LogP contribution in [0, 0.1) is 5.92 Å². The lowest BCUT2D eigenvalue weighted by Gasteiger charge is -2.26. The first-order valence-electron chi connectivity index (χ1n) is 4.97. The fourth-order valence-corrected chi connectivity index (χ4v) is 2.45. The van der Waals surface area contributed by atoms with Gasteiger partial charge in [-0.25, -0.2) is 0 Å². The van der Waals surface area contributed by atoms with Gasteiger partial charge in [-0.1, -0.05) is 0 Å². The minimum absolute atomic E-state index is 0.345. The molecule has 2 N–H and O–H groups in total. The van der Waals surface area contributed by atoms with Crippen molar-refractivity contribution in [2.24, 2.45) is 5.92 Å². The van der Waals surface area contributed by atoms with Crippen molar-refractivity contribution < 1.29 is 5.11 Å². The summed E-state index contributed by atoms with van der Waals surface area (Å²) in [5.74, 6) is 2.41. The molecule has 0 saturated carbocycles. The highest BCUT2D eigenvalue weighted by Gasteiger charge is 2.15. The molecule has 1 aromatic rings. The third-order valence-corrected chi connectivity index (χ3v) is 3.54. The molecule has 0 bridgehead atoms. The maximum atomic E-state index is 9.10. The van der Waals surface area contributed by atoms with Gasteiger partial charge in [-0.15, -0.1) is 11.8 Å². The summed E-state index contributed by atoms with van der Waals surface area (Å²) in [6, 6.07) is 7.43. The van der Waals surface area contributed by atoms with Crippen molar-refractivity contribution in [3.63, 3.8) is 0 Å². The van der Waals surface area contributed by atoms with E-state index in [2.05, 4.69) is 5.32 Å². The molecule has 3 heteroatoms. The summed E-state index contributed by atoms with van der Waals surface area (Å²) in [6.07, 6.45) is 1.29. The maximum absolute atomic E-state index is 9.10. The minimum Gasteiger partial charge on any atom is -0.508 e. The Labute approximate surface area is 88.7 Å². The quantitative estimate of drug-likeness (QED) is 0.745. The summed E-state index contributed by atoms with van der Waals surface area (Å²) < 4.78 is 0. The molecule has 1 heterocycles. The Bertz CT molecular complexity index is 282. The van der Waals surface area contributed by atoms with Gasteiger partial charge in [-0.3, -0.25) is 0 Å². The molecular weight excluding hydrogens is 194 g/mol. The van der Waals surface area contributed by atoms with E-state index in [0.29, 0.717) is 5.75 Å². The summed E-state index contributed by atoms with van der Waals surface area (Å²) in [5.41, 5.74) is 0. The number of thioether (sulfide) groups is 1. The topological polar surface area (TPSA) is 32.3 Å². The molecule has 0 aromatic heterocycles. The molecule has 2 rings (SSSR count). The van der Waals surface area contributed by atoms with Gasteiger partial charge in [0, 0.05) is 4.90 Å². The molecule has 2 nitrogen and oxygen atoms in total. The van der Waals surface area contributed by atoms with Crippen LogP contribution in [0.2, 0.25) is 0 Å². The zero-order chi connectivity index (χ0) is 9.80. The second-order valence-electron chi connectivity index (χ2n) is 3.66. The third kappa shape index (κ3) is 2.66. The van der Waals surface area contributed by atoms with E-state index in [4.69, 9.17) is 5.11 Å². The van der Waals surface area contributed by atoms with Crippen LogP contribution in [0.3, 0.4) is 0 Å². The van der Waals surface area contributed by atoms with E-state index in [1.165, 1.54) is 30.2 Å².